The van der Waals surface area contributed by atoms with Crippen molar-refractivity contribution in [1.82, 2.24) is 5.32 Å². The van der Waals surface area contributed by atoms with E-state index in [-0.39, 0.29) is 5.82 Å². The van der Waals surface area contributed by atoms with Crippen LogP contribution < -0.4 is 10.2 Å². The van der Waals surface area contributed by atoms with E-state index in [0.717, 1.165) is 30.1 Å². The highest BCUT2D eigenvalue weighted by Crippen LogP contribution is 2.29. The molecule has 1 fully saturated rings. The van der Waals surface area contributed by atoms with Gasteiger partial charge < -0.3 is 10.2 Å². The molecule has 2 nitrogen and oxygen atoms in total. The van der Waals surface area contributed by atoms with E-state index in [0.29, 0.717) is 17.8 Å². The molecule has 1 aromatic rings. The van der Waals surface area contributed by atoms with E-state index in [1.54, 1.807) is 6.07 Å². The Morgan fingerprint density at radius 1 is 1.45 bits per heavy atom. The maximum Gasteiger partial charge on any atom is 0.129 e. The van der Waals surface area contributed by atoms with Crippen molar-refractivity contribution >= 4 is 17.4 Å². The van der Waals surface area contributed by atoms with E-state index in [1.165, 1.54) is 6.42 Å². The van der Waals surface area contributed by atoms with E-state index >= 15 is 0 Å². The summed E-state index contributed by atoms with van der Waals surface area (Å²) in [5.41, 5.74) is 1.87. The van der Waals surface area contributed by atoms with Crippen LogP contribution in [-0.2, 0) is 6.54 Å². The zero-order chi connectivity index (χ0) is 14.5. The van der Waals surface area contributed by atoms with Gasteiger partial charge in [-0.3, -0.25) is 0 Å². The van der Waals surface area contributed by atoms with Crippen molar-refractivity contribution in [3.05, 3.63) is 29.6 Å². The Balaban J connectivity index is 2.19. The second-order valence-electron chi connectivity index (χ2n) is 5.62. The molecule has 20 heavy (non-hydrogen) atoms. The average molecular weight is 296 g/mol. The Labute approximate surface area is 126 Å². The van der Waals surface area contributed by atoms with Crippen molar-refractivity contribution in [3.63, 3.8) is 0 Å². The standard InChI is InChI=1S/C16H25FN2S/c1-4-13-11-19(8-9-20-13)16-7-5-6-15(17)14(16)10-18-12(2)3/h5-7,12-13,18H,4,8-11H2,1-3H3. The van der Waals surface area contributed by atoms with Gasteiger partial charge in [0.15, 0.2) is 0 Å². The lowest BCUT2D eigenvalue weighted by Gasteiger charge is -2.35. The largest absolute Gasteiger partial charge is 0.369 e. The molecule has 1 N–H and O–H groups in total. The first-order valence-electron chi connectivity index (χ1n) is 7.49. The average Bonchev–Trinajstić information content (AvgIpc) is 2.45. The molecule has 4 heteroatoms. The lowest BCUT2D eigenvalue weighted by atomic mass is 10.1. The SMILES string of the molecule is CCC1CN(c2cccc(F)c2CNC(C)C)CCS1. The summed E-state index contributed by atoms with van der Waals surface area (Å²) in [7, 11) is 0. The highest BCUT2D eigenvalue weighted by molar-refractivity contribution is 8.00. The Morgan fingerprint density at radius 2 is 2.25 bits per heavy atom. The van der Waals surface area contributed by atoms with E-state index in [9.17, 15) is 4.39 Å². The minimum atomic E-state index is -0.0954. The molecule has 0 spiro atoms. The van der Waals surface area contributed by atoms with Gasteiger partial charge in [-0.05, 0) is 18.6 Å². The van der Waals surface area contributed by atoms with Crippen LogP contribution in [0, 0.1) is 5.82 Å². The lowest BCUT2D eigenvalue weighted by molar-refractivity contribution is 0.551. The maximum absolute atomic E-state index is 14.2. The van der Waals surface area contributed by atoms with Crippen LogP contribution in [-0.4, -0.2) is 30.1 Å². The second kappa shape index (κ2) is 7.32. The molecule has 0 saturated carbocycles. The minimum absolute atomic E-state index is 0.0954. The van der Waals surface area contributed by atoms with E-state index in [4.69, 9.17) is 0 Å². The third kappa shape index (κ3) is 3.89. The molecule has 0 aromatic heterocycles. The predicted octanol–water partition coefficient (Wildman–Crippen LogP) is 3.66. The fourth-order valence-corrected chi connectivity index (χ4v) is 3.69. The van der Waals surface area contributed by atoms with Gasteiger partial charge in [0.1, 0.15) is 5.82 Å². The lowest BCUT2D eigenvalue weighted by Crippen LogP contribution is -2.38. The number of anilines is 1. The smallest absolute Gasteiger partial charge is 0.129 e. The van der Waals surface area contributed by atoms with Crippen molar-refractivity contribution in [2.75, 3.05) is 23.7 Å². The topological polar surface area (TPSA) is 15.3 Å². The van der Waals surface area contributed by atoms with E-state index in [1.807, 2.05) is 17.8 Å². The summed E-state index contributed by atoms with van der Waals surface area (Å²) >= 11 is 2.04. The van der Waals surface area contributed by atoms with Crippen molar-refractivity contribution < 1.29 is 4.39 Å². The molecule has 1 aliphatic heterocycles. The summed E-state index contributed by atoms with van der Waals surface area (Å²) < 4.78 is 14.2. The summed E-state index contributed by atoms with van der Waals surface area (Å²) in [5, 5.41) is 4.00. The van der Waals surface area contributed by atoms with Gasteiger partial charge in [0.05, 0.1) is 0 Å². The highest BCUT2D eigenvalue weighted by Gasteiger charge is 2.22. The van der Waals surface area contributed by atoms with Gasteiger partial charge in [-0.2, -0.15) is 11.8 Å². The maximum atomic E-state index is 14.2. The van der Waals surface area contributed by atoms with Crippen LogP contribution >= 0.6 is 11.8 Å². The molecule has 1 saturated heterocycles. The van der Waals surface area contributed by atoms with Crippen LogP contribution in [0.5, 0.6) is 0 Å². The Kier molecular flexibility index (Phi) is 5.73. The van der Waals surface area contributed by atoms with Crippen molar-refractivity contribution in [1.29, 1.82) is 0 Å². The van der Waals surface area contributed by atoms with Gasteiger partial charge in [-0.1, -0.05) is 26.8 Å². The molecule has 1 heterocycles. The van der Waals surface area contributed by atoms with Gasteiger partial charge in [0, 0.05) is 47.9 Å². The second-order valence-corrected chi connectivity index (χ2v) is 7.03. The van der Waals surface area contributed by atoms with Crippen molar-refractivity contribution in [2.24, 2.45) is 0 Å². The number of rotatable bonds is 5. The van der Waals surface area contributed by atoms with Crippen LogP contribution in [0.4, 0.5) is 10.1 Å². The third-order valence-electron chi connectivity index (χ3n) is 3.72. The first-order valence-corrected chi connectivity index (χ1v) is 8.54. The molecule has 2 rings (SSSR count). The quantitative estimate of drug-likeness (QED) is 0.893. The van der Waals surface area contributed by atoms with Gasteiger partial charge in [0.2, 0.25) is 0 Å². The van der Waals surface area contributed by atoms with Crippen LogP contribution in [0.3, 0.4) is 0 Å². The molecule has 1 unspecified atom stereocenters. The summed E-state index contributed by atoms with van der Waals surface area (Å²) in [6.07, 6.45) is 1.18. The summed E-state index contributed by atoms with van der Waals surface area (Å²) in [6, 6.07) is 5.81. The number of thioether (sulfide) groups is 1. The van der Waals surface area contributed by atoms with Crippen LogP contribution in [0.1, 0.15) is 32.8 Å². The molecule has 0 amide bonds. The Morgan fingerprint density at radius 3 is 2.95 bits per heavy atom. The fourth-order valence-electron chi connectivity index (χ4n) is 2.51. The first kappa shape index (κ1) is 15.6. The number of nitrogens with zero attached hydrogens (tertiary/aromatic N) is 1. The molecule has 0 bridgehead atoms. The number of nitrogens with one attached hydrogen (secondary N) is 1. The zero-order valence-corrected chi connectivity index (χ0v) is 13.5. The summed E-state index contributed by atoms with van der Waals surface area (Å²) in [4.78, 5) is 2.35. The summed E-state index contributed by atoms with van der Waals surface area (Å²) in [6.45, 7) is 9.04. The molecule has 1 aliphatic rings. The van der Waals surface area contributed by atoms with Gasteiger partial charge >= 0.3 is 0 Å². The predicted molar refractivity (Wildman–Crippen MR) is 87.1 cm³/mol. The van der Waals surface area contributed by atoms with Crippen LogP contribution in [0.25, 0.3) is 0 Å². The van der Waals surface area contributed by atoms with Crippen LogP contribution in [0.2, 0.25) is 0 Å². The molecular formula is C16H25FN2S. The zero-order valence-electron chi connectivity index (χ0n) is 12.7. The van der Waals surface area contributed by atoms with Gasteiger partial charge in [-0.25, -0.2) is 4.39 Å². The fraction of sp³-hybridized carbons (Fsp3) is 0.625. The molecule has 0 aliphatic carbocycles. The first-order chi connectivity index (χ1) is 9.61. The highest BCUT2D eigenvalue weighted by atomic mass is 32.2. The Bertz CT molecular complexity index is 436. The van der Waals surface area contributed by atoms with Crippen molar-refractivity contribution in [2.45, 2.75) is 45.0 Å². The monoisotopic (exact) mass is 296 g/mol. The number of hydrogen-bond donors (Lipinski definition) is 1. The number of benzene rings is 1. The third-order valence-corrected chi connectivity index (χ3v) is 5.09. The van der Waals surface area contributed by atoms with Gasteiger partial charge in [0.25, 0.3) is 0 Å². The van der Waals surface area contributed by atoms with E-state index in [2.05, 4.69) is 37.1 Å². The molecule has 0 radical (unpaired) electrons. The minimum Gasteiger partial charge on any atom is -0.369 e. The molecule has 112 valence electrons. The van der Waals surface area contributed by atoms with E-state index < -0.39 is 0 Å². The Hall–Kier alpha value is -0.740. The number of hydrogen-bond acceptors (Lipinski definition) is 3. The number of halogens is 1. The van der Waals surface area contributed by atoms with Crippen LogP contribution in [0.15, 0.2) is 18.2 Å². The molecule has 1 atom stereocenters. The normalized spacial score (nSPS) is 19.6. The van der Waals surface area contributed by atoms with Crippen molar-refractivity contribution in [3.8, 4) is 0 Å². The summed E-state index contributed by atoms with van der Waals surface area (Å²) in [5.74, 6) is 1.04. The molecular weight excluding hydrogens is 271 g/mol. The van der Waals surface area contributed by atoms with Gasteiger partial charge in [-0.15, -0.1) is 0 Å². The molecule has 1 aromatic carbocycles.